The van der Waals surface area contributed by atoms with E-state index >= 15 is 0 Å². The van der Waals surface area contributed by atoms with E-state index < -0.39 is 0 Å². The van der Waals surface area contributed by atoms with Crippen LogP contribution in [0.1, 0.15) is 6.92 Å². The minimum absolute atomic E-state index is 0.0428. The summed E-state index contributed by atoms with van der Waals surface area (Å²) in [6.45, 7) is 6.60. The largest absolute Gasteiger partial charge is 0.382 e. The monoisotopic (exact) mass is 352 g/mol. The first-order valence-corrected chi connectivity index (χ1v) is 8.54. The van der Waals surface area contributed by atoms with E-state index in [1.165, 1.54) is 0 Å². The van der Waals surface area contributed by atoms with Gasteiger partial charge in [0, 0.05) is 40.0 Å². The first-order valence-electron chi connectivity index (χ1n) is 8.54. The van der Waals surface area contributed by atoms with Crippen molar-refractivity contribution in [3.05, 3.63) is 12.4 Å². The Morgan fingerprint density at radius 2 is 2.20 bits per heavy atom. The predicted octanol–water partition coefficient (Wildman–Crippen LogP) is -0.303. The fourth-order valence-electron chi connectivity index (χ4n) is 2.56. The van der Waals surface area contributed by atoms with Gasteiger partial charge < -0.3 is 24.6 Å². The maximum absolute atomic E-state index is 12.5. The molecule has 1 aliphatic rings. The molecule has 1 amide bonds. The minimum Gasteiger partial charge on any atom is -0.382 e. The first kappa shape index (κ1) is 19.2. The average Bonchev–Trinajstić information content (AvgIpc) is 3.03. The van der Waals surface area contributed by atoms with Crippen molar-refractivity contribution in [3.8, 4) is 0 Å². The number of nitrogens with one attached hydrogen (secondary N) is 1. The van der Waals surface area contributed by atoms with Gasteiger partial charge in [0.2, 0.25) is 5.91 Å². The van der Waals surface area contributed by atoms with Crippen molar-refractivity contribution in [2.75, 3.05) is 64.6 Å². The number of anilines is 1. The van der Waals surface area contributed by atoms with Gasteiger partial charge in [-0.15, -0.1) is 0 Å². The van der Waals surface area contributed by atoms with Crippen molar-refractivity contribution in [2.45, 2.75) is 6.92 Å². The molecule has 1 aromatic rings. The molecule has 0 aromatic carbocycles. The predicted molar refractivity (Wildman–Crippen MR) is 95.8 cm³/mol. The van der Waals surface area contributed by atoms with Gasteiger partial charge in [-0.3, -0.25) is 14.5 Å². The highest BCUT2D eigenvalue weighted by Gasteiger charge is 2.27. The Bertz CT molecular complexity index is 574. The summed E-state index contributed by atoms with van der Waals surface area (Å²) in [7, 11) is 3.49. The molecule has 140 valence electrons. The molecule has 0 unspecified atom stereocenters. The van der Waals surface area contributed by atoms with Crippen LogP contribution in [0, 0.1) is 0 Å². The van der Waals surface area contributed by atoms with E-state index in [1.807, 2.05) is 25.1 Å². The number of piperazine rings is 1. The fraction of sp³-hybridized carbons (Fsp3) is 0.688. The third-order valence-corrected chi connectivity index (χ3v) is 3.79. The number of carbonyl (C=O) groups is 1. The van der Waals surface area contributed by atoms with Gasteiger partial charge in [-0.2, -0.15) is 5.10 Å². The van der Waals surface area contributed by atoms with E-state index in [2.05, 4.69) is 15.4 Å². The van der Waals surface area contributed by atoms with Gasteiger partial charge in [0.15, 0.2) is 5.96 Å². The van der Waals surface area contributed by atoms with Crippen LogP contribution in [0.25, 0.3) is 0 Å². The molecule has 2 heterocycles. The van der Waals surface area contributed by atoms with Gasteiger partial charge in [0.25, 0.3) is 0 Å². The van der Waals surface area contributed by atoms with Crippen molar-refractivity contribution in [1.29, 1.82) is 0 Å². The highest BCUT2D eigenvalue weighted by molar-refractivity contribution is 5.98. The summed E-state index contributed by atoms with van der Waals surface area (Å²) in [6, 6.07) is 0. The van der Waals surface area contributed by atoms with Crippen LogP contribution in [0.3, 0.4) is 0 Å². The third-order valence-electron chi connectivity index (χ3n) is 3.79. The fourth-order valence-corrected chi connectivity index (χ4v) is 2.56. The van der Waals surface area contributed by atoms with Crippen molar-refractivity contribution in [3.63, 3.8) is 0 Å². The standard InChI is InChI=1S/C16H28N6O3/c1-4-17-16(18-5-8-25-10-9-24-3)21-6-7-22(15(23)13-21)14-11-19-20(2)12-14/h11-12H,4-10,13H2,1-3H3,(H,17,18). The molecule has 1 aromatic heterocycles. The highest BCUT2D eigenvalue weighted by atomic mass is 16.5. The smallest absolute Gasteiger partial charge is 0.246 e. The van der Waals surface area contributed by atoms with Crippen molar-refractivity contribution in [1.82, 2.24) is 20.0 Å². The Labute approximate surface area is 148 Å². The summed E-state index contributed by atoms with van der Waals surface area (Å²) in [5.41, 5.74) is 0.834. The number of ether oxygens (including phenoxy) is 2. The number of carbonyl (C=O) groups excluding carboxylic acids is 1. The lowest BCUT2D eigenvalue weighted by molar-refractivity contribution is -0.120. The number of aliphatic imine (C=N–C) groups is 1. The van der Waals surface area contributed by atoms with Crippen LogP contribution >= 0.6 is 0 Å². The van der Waals surface area contributed by atoms with Crippen LogP contribution in [0.2, 0.25) is 0 Å². The number of rotatable bonds is 8. The van der Waals surface area contributed by atoms with Gasteiger partial charge in [-0.25, -0.2) is 0 Å². The molecule has 0 atom stereocenters. The summed E-state index contributed by atoms with van der Waals surface area (Å²) < 4.78 is 12.1. The number of aromatic nitrogens is 2. The second kappa shape index (κ2) is 10.00. The Morgan fingerprint density at radius 1 is 1.36 bits per heavy atom. The van der Waals surface area contributed by atoms with Gasteiger partial charge >= 0.3 is 0 Å². The Kier molecular flexibility index (Phi) is 7.68. The summed E-state index contributed by atoms with van der Waals surface area (Å²) >= 11 is 0. The topological polar surface area (TPSA) is 84.2 Å². The number of hydrogen-bond acceptors (Lipinski definition) is 5. The molecule has 1 fully saturated rings. The summed E-state index contributed by atoms with van der Waals surface area (Å²) in [4.78, 5) is 20.8. The number of nitrogens with zero attached hydrogens (tertiary/aromatic N) is 5. The van der Waals surface area contributed by atoms with Gasteiger partial charge in [0.05, 0.1) is 38.2 Å². The average molecular weight is 352 g/mol. The number of aryl methyl sites for hydroxylation is 1. The first-order chi connectivity index (χ1) is 12.2. The Hall–Kier alpha value is -2.13. The molecule has 0 radical (unpaired) electrons. The van der Waals surface area contributed by atoms with Crippen LogP contribution < -0.4 is 10.2 Å². The van der Waals surface area contributed by atoms with Crippen LogP contribution in [-0.4, -0.2) is 86.2 Å². The molecule has 1 N–H and O–H groups in total. The van der Waals surface area contributed by atoms with Crippen molar-refractivity contribution in [2.24, 2.45) is 12.0 Å². The summed E-state index contributed by atoms with van der Waals surface area (Å²) in [5.74, 6) is 0.790. The van der Waals surface area contributed by atoms with E-state index in [-0.39, 0.29) is 5.91 Å². The lowest BCUT2D eigenvalue weighted by atomic mass is 10.3. The van der Waals surface area contributed by atoms with Crippen LogP contribution in [0.15, 0.2) is 17.4 Å². The molecule has 1 aliphatic heterocycles. The van der Waals surface area contributed by atoms with E-state index in [1.54, 1.807) is 22.9 Å². The van der Waals surface area contributed by atoms with E-state index in [0.717, 1.165) is 24.7 Å². The van der Waals surface area contributed by atoms with E-state index in [9.17, 15) is 4.79 Å². The highest BCUT2D eigenvalue weighted by Crippen LogP contribution is 2.16. The molecule has 9 heteroatoms. The molecule has 1 saturated heterocycles. The lowest BCUT2D eigenvalue weighted by Crippen LogP contribution is -2.55. The maximum atomic E-state index is 12.5. The zero-order valence-corrected chi connectivity index (χ0v) is 15.3. The van der Waals surface area contributed by atoms with E-state index in [0.29, 0.717) is 39.5 Å². The summed E-state index contributed by atoms with van der Waals surface area (Å²) in [6.07, 6.45) is 3.56. The van der Waals surface area contributed by atoms with Crippen molar-refractivity contribution < 1.29 is 14.3 Å². The second-order valence-electron chi connectivity index (χ2n) is 5.68. The number of hydrogen-bond donors (Lipinski definition) is 1. The molecule has 0 bridgehead atoms. The number of methoxy groups -OCH3 is 1. The zero-order valence-electron chi connectivity index (χ0n) is 15.3. The molecular weight excluding hydrogens is 324 g/mol. The summed E-state index contributed by atoms with van der Waals surface area (Å²) in [5, 5.41) is 7.37. The molecule has 25 heavy (non-hydrogen) atoms. The van der Waals surface area contributed by atoms with Crippen LogP contribution in [0.4, 0.5) is 5.69 Å². The van der Waals surface area contributed by atoms with Gasteiger partial charge in [0.1, 0.15) is 6.54 Å². The number of guanidine groups is 1. The zero-order chi connectivity index (χ0) is 18.1. The minimum atomic E-state index is 0.0428. The van der Waals surface area contributed by atoms with Crippen LogP contribution in [-0.2, 0) is 21.3 Å². The van der Waals surface area contributed by atoms with Gasteiger partial charge in [-0.05, 0) is 6.92 Å². The Balaban J connectivity index is 1.88. The molecular formula is C16H28N6O3. The second-order valence-corrected chi connectivity index (χ2v) is 5.68. The Morgan fingerprint density at radius 3 is 2.84 bits per heavy atom. The quantitative estimate of drug-likeness (QED) is 0.393. The normalized spacial score (nSPS) is 15.8. The lowest BCUT2D eigenvalue weighted by Gasteiger charge is -2.35. The molecule has 9 nitrogen and oxygen atoms in total. The SMILES string of the molecule is CCNC(=NCCOCCOC)N1CCN(c2cnn(C)c2)C(=O)C1. The molecule has 0 saturated carbocycles. The third kappa shape index (κ3) is 5.71. The van der Waals surface area contributed by atoms with E-state index in [4.69, 9.17) is 9.47 Å². The van der Waals surface area contributed by atoms with Crippen LogP contribution in [0.5, 0.6) is 0 Å². The molecule has 2 rings (SSSR count). The maximum Gasteiger partial charge on any atom is 0.246 e. The van der Waals surface area contributed by atoms with Gasteiger partial charge in [-0.1, -0.05) is 0 Å². The molecule has 0 spiro atoms. The van der Waals surface area contributed by atoms with Crippen molar-refractivity contribution >= 4 is 17.6 Å². The molecule has 0 aliphatic carbocycles. The number of amides is 1.